The van der Waals surface area contributed by atoms with E-state index in [4.69, 9.17) is 31.7 Å². The van der Waals surface area contributed by atoms with Crippen LogP contribution in [0, 0.1) is 0 Å². The number of aliphatic hydroxyl groups is 1. The summed E-state index contributed by atoms with van der Waals surface area (Å²) in [7, 11) is 1.52. The molecule has 0 bridgehead atoms. The van der Waals surface area contributed by atoms with E-state index in [0.717, 1.165) is 0 Å². The maximum atomic E-state index is 8.92. The van der Waals surface area contributed by atoms with Gasteiger partial charge >= 0.3 is 0 Å². The van der Waals surface area contributed by atoms with Crippen LogP contribution in [-0.4, -0.2) is 29.0 Å². The van der Waals surface area contributed by atoms with Crippen molar-refractivity contribution in [2.75, 3.05) is 13.7 Å². The van der Waals surface area contributed by atoms with Gasteiger partial charge in [0.2, 0.25) is 0 Å². The molecule has 18 heavy (non-hydrogen) atoms. The lowest BCUT2D eigenvalue weighted by Gasteiger charge is -2.04. The van der Waals surface area contributed by atoms with Gasteiger partial charge in [-0.3, -0.25) is 0 Å². The molecule has 0 aliphatic heterocycles. The van der Waals surface area contributed by atoms with Gasteiger partial charge in [0.15, 0.2) is 5.82 Å². The van der Waals surface area contributed by atoms with Crippen molar-refractivity contribution in [2.24, 2.45) is 5.73 Å². The predicted octanol–water partition coefficient (Wildman–Crippen LogP) is 1.39. The fourth-order valence-corrected chi connectivity index (χ4v) is 1.58. The fourth-order valence-electron chi connectivity index (χ4n) is 1.42. The molecule has 1 aromatic carbocycles. The largest absolute Gasteiger partial charge is 0.496 e. The standard InChI is InChI=1S/C11H12ClN3O3/c1-17-9-4-6(12)2-3-7(9)11-14-10(15-18-11)8(13)5-16/h2-4,8,16H,5,13H2,1H3. The number of rotatable bonds is 4. The lowest BCUT2D eigenvalue weighted by Crippen LogP contribution is -2.15. The number of hydrogen-bond acceptors (Lipinski definition) is 6. The highest BCUT2D eigenvalue weighted by Gasteiger charge is 2.17. The average Bonchev–Trinajstić information content (AvgIpc) is 2.87. The van der Waals surface area contributed by atoms with Crippen LogP contribution in [0.15, 0.2) is 22.7 Å². The normalized spacial score (nSPS) is 12.4. The Labute approximate surface area is 108 Å². The fraction of sp³-hybridized carbons (Fsp3) is 0.273. The van der Waals surface area contributed by atoms with Gasteiger partial charge in [0.05, 0.1) is 25.3 Å². The summed E-state index contributed by atoms with van der Waals surface area (Å²) in [5.41, 5.74) is 6.21. The Hall–Kier alpha value is -1.63. The minimum atomic E-state index is -0.666. The molecule has 2 aromatic rings. The molecule has 1 aromatic heterocycles. The first-order valence-corrected chi connectivity index (χ1v) is 5.57. The molecule has 2 rings (SSSR count). The van der Waals surface area contributed by atoms with Gasteiger partial charge < -0.3 is 20.1 Å². The zero-order valence-corrected chi connectivity index (χ0v) is 10.4. The highest BCUT2D eigenvalue weighted by molar-refractivity contribution is 6.30. The SMILES string of the molecule is COc1cc(Cl)ccc1-c1nc(C(N)CO)no1. The second-order valence-electron chi connectivity index (χ2n) is 3.59. The Morgan fingerprint density at radius 2 is 2.33 bits per heavy atom. The Balaban J connectivity index is 2.39. The van der Waals surface area contributed by atoms with Crippen LogP contribution in [0.1, 0.15) is 11.9 Å². The molecule has 0 aliphatic carbocycles. The number of hydrogen-bond donors (Lipinski definition) is 2. The third-order valence-electron chi connectivity index (χ3n) is 2.36. The number of ether oxygens (including phenoxy) is 1. The maximum Gasteiger partial charge on any atom is 0.261 e. The third kappa shape index (κ3) is 2.45. The zero-order chi connectivity index (χ0) is 13.1. The summed E-state index contributed by atoms with van der Waals surface area (Å²) in [6, 6.07) is 4.38. The number of aliphatic hydroxyl groups excluding tert-OH is 1. The first-order valence-electron chi connectivity index (χ1n) is 5.19. The van der Waals surface area contributed by atoms with Gasteiger partial charge in [0, 0.05) is 5.02 Å². The Morgan fingerprint density at radius 3 is 3.00 bits per heavy atom. The molecular formula is C11H12ClN3O3. The highest BCUT2D eigenvalue weighted by atomic mass is 35.5. The molecule has 1 heterocycles. The zero-order valence-electron chi connectivity index (χ0n) is 9.63. The first-order chi connectivity index (χ1) is 8.65. The predicted molar refractivity (Wildman–Crippen MR) is 65.3 cm³/mol. The van der Waals surface area contributed by atoms with Gasteiger partial charge in [-0.25, -0.2) is 0 Å². The van der Waals surface area contributed by atoms with E-state index in [-0.39, 0.29) is 18.3 Å². The van der Waals surface area contributed by atoms with Gasteiger partial charge in [0.25, 0.3) is 5.89 Å². The van der Waals surface area contributed by atoms with Gasteiger partial charge in [-0.05, 0) is 18.2 Å². The van der Waals surface area contributed by atoms with Gasteiger partial charge in [-0.15, -0.1) is 0 Å². The average molecular weight is 270 g/mol. The molecule has 0 saturated carbocycles. The van der Waals surface area contributed by atoms with Crippen LogP contribution in [0.5, 0.6) is 5.75 Å². The molecule has 6 nitrogen and oxygen atoms in total. The van der Waals surface area contributed by atoms with E-state index in [0.29, 0.717) is 16.3 Å². The van der Waals surface area contributed by atoms with E-state index in [1.54, 1.807) is 18.2 Å². The van der Waals surface area contributed by atoms with Gasteiger partial charge in [-0.1, -0.05) is 16.8 Å². The Morgan fingerprint density at radius 1 is 1.56 bits per heavy atom. The van der Waals surface area contributed by atoms with Crippen molar-refractivity contribution in [1.82, 2.24) is 10.1 Å². The van der Waals surface area contributed by atoms with Crippen LogP contribution in [0.4, 0.5) is 0 Å². The minimum Gasteiger partial charge on any atom is -0.496 e. The highest BCUT2D eigenvalue weighted by Crippen LogP contribution is 2.31. The molecule has 7 heteroatoms. The third-order valence-corrected chi connectivity index (χ3v) is 2.60. The van der Waals surface area contributed by atoms with Crippen molar-refractivity contribution < 1.29 is 14.4 Å². The summed E-state index contributed by atoms with van der Waals surface area (Å²) in [5.74, 6) is 1.03. The molecular weight excluding hydrogens is 258 g/mol. The van der Waals surface area contributed by atoms with Crippen molar-refractivity contribution in [1.29, 1.82) is 0 Å². The molecule has 0 amide bonds. The number of benzene rings is 1. The second kappa shape index (κ2) is 5.34. The Bertz CT molecular complexity index is 544. The number of aromatic nitrogens is 2. The molecule has 1 atom stereocenters. The quantitative estimate of drug-likeness (QED) is 0.871. The summed E-state index contributed by atoms with van der Waals surface area (Å²) in [6.45, 7) is -0.253. The van der Waals surface area contributed by atoms with Gasteiger partial charge in [-0.2, -0.15) is 4.98 Å². The minimum absolute atomic E-state index is 0.240. The van der Waals surface area contributed by atoms with Gasteiger partial charge in [0.1, 0.15) is 5.75 Å². The number of nitrogens with two attached hydrogens (primary N) is 1. The molecule has 3 N–H and O–H groups in total. The van der Waals surface area contributed by atoms with E-state index < -0.39 is 6.04 Å². The lowest BCUT2D eigenvalue weighted by atomic mass is 10.2. The number of methoxy groups -OCH3 is 1. The van der Waals surface area contributed by atoms with E-state index in [9.17, 15) is 0 Å². The summed E-state index contributed by atoms with van der Waals surface area (Å²) in [4.78, 5) is 4.10. The maximum absolute atomic E-state index is 8.92. The van der Waals surface area contributed by atoms with Crippen LogP contribution in [0.25, 0.3) is 11.5 Å². The van der Waals surface area contributed by atoms with Crippen LogP contribution < -0.4 is 10.5 Å². The molecule has 0 radical (unpaired) electrons. The van der Waals surface area contributed by atoms with Crippen molar-refractivity contribution in [3.05, 3.63) is 29.0 Å². The van der Waals surface area contributed by atoms with Crippen LogP contribution in [0.3, 0.4) is 0 Å². The van der Waals surface area contributed by atoms with Crippen molar-refractivity contribution in [3.8, 4) is 17.2 Å². The van der Waals surface area contributed by atoms with E-state index in [1.165, 1.54) is 7.11 Å². The van der Waals surface area contributed by atoms with Crippen molar-refractivity contribution in [3.63, 3.8) is 0 Å². The summed E-state index contributed by atoms with van der Waals surface area (Å²) < 4.78 is 10.3. The molecule has 0 saturated heterocycles. The van der Waals surface area contributed by atoms with E-state index in [1.807, 2.05) is 0 Å². The number of nitrogens with zero attached hydrogens (tertiary/aromatic N) is 2. The monoisotopic (exact) mass is 269 g/mol. The lowest BCUT2D eigenvalue weighted by molar-refractivity contribution is 0.260. The van der Waals surface area contributed by atoms with E-state index in [2.05, 4.69) is 10.1 Å². The van der Waals surface area contributed by atoms with E-state index >= 15 is 0 Å². The number of halogens is 1. The molecule has 0 spiro atoms. The van der Waals surface area contributed by atoms with Crippen molar-refractivity contribution in [2.45, 2.75) is 6.04 Å². The topological polar surface area (TPSA) is 94.4 Å². The smallest absolute Gasteiger partial charge is 0.261 e. The molecule has 0 aliphatic rings. The summed E-state index contributed by atoms with van der Waals surface area (Å²) in [6.07, 6.45) is 0. The first kappa shape index (κ1) is 12.8. The summed E-state index contributed by atoms with van der Waals surface area (Å²) >= 11 is 5.86. The van der Waals surface area contributed by atoms with Crippen LogP contribution in [0.2, 0.25) is 5.02 Å². The Kier molecular flexibility index (Phi) is 3.81. The molecule has 1 unspecified atom stereocenters. The summed E-state index contributed by atoms with van der Waals surface area (Å²) in [5, 5.41) is 13.2. The van der Waals surface area contributed by atoms with Crippen LogP contribution >= 0.6 is 11.6 Å². The van der Waals surface area contributed by atoms with Crippen LogP contribution in [-0.2, 0) is 0 Å². The molecule has 0 fully saturated rings. The molecule has 96 valence electrons. The second-order valence-corrected chi connectivity index (χ2v) is 4.03. The van der Waals surface area contributed by atoms with Crippen molar-refractivity contribution >= 4 is 11.6 Å².